The first kappa shape index (κ1) is 57.3. The summed E-state index contributed by atoms with van der Waals surface area (Å²) in [6, 6.07) is -0.768. The zero-order valence-electron chi connectivity index (χ0n) is 39.4. The lowest BCUT2D eigenvalue weighted by atomic mass is 10.0. The number of hydrogen-bond donors (Lipinski definition) is 4. The molecular weight excluding hydrogens is 727 g/mol. The molecule has 59 heavy (non-hydrogen) atoms. The van der Waals surface area contributed by atoms with Gasteiger partial charge in [0.2, 0.25) is 5.91 Å². The second-order valence-electron chi connectivity index (χ2n) is 17.8. The zero-order chi connectivity index (χ0) is 43.0. The van der Waals surface area contributed by atoms with Gasteiger partial charge in [0.25, 0.3) is 0 Å². The fourth-order valence-corrected chi connectivity index (χ4v) is 7.84. The maximum Gasteiger partial charge on any atom is 0.222 e. The molecule has 0 aliphatic rings. The molecule has 0 spiro atoms. The van der Waals surface area contributed by atoms with Gasteiger partial charge in [0.15, 0.2) is 0 Å². The molecule has 5 heteroatoms. The first-order valence-corrected chi connectivity index (χ1v) is 25.9. The van der Waals surface area contributed by atoms with Gasteiger partial charge in [-0.25, -0.2) is 0 Å². The van der Waals surface area contributed by atoms with Crippen LogP contribution in [0.2, 0.25) is 0 Å². The molecule has 0 saturated heterocycles. The van der Waals surface area contributed by atoms with Gasteiger partial charge in [0, 0.05) is 0 Å². The Bertz CT molecular complexity index is 958. The first-order valence-electron chi connectivity index (χ1n) is 25.9. The van der Waals surface area contributed by atoms with E-state index in [0.29, 0.717) is 6.42 Å². The van der Waals surface area contributed by atoms with Crippen molar-refractivity contribution < 1.29 is 20.1 Å². The first-order chi connectivity index (χ1) is 29.0. The lowest BCUT2D eigenvalue weighted by molar-refractivity contribution is -0.124. The van der Waals surface area contributed by atoms with E-state index in [0.717, 1.165) is 38.5 Å². The molecule has 3 unspecified atom stereocenters. The third-order valence-corrected chi connectivity index (χ3v) is 11.8. The number of allylic oxidation sites excluding steroid dienone is 7. The summed E-state index contributed by atoms with van der Waals surface area (Å²) < 4.78 is 0. The van der Waals surface area contributed by atoms with Crippen LogP contribution in [0.25, 0.3) is 0 Å². The van der Waals surface area contributed by atoms with Gasteiger partial charge >= 0.3 is 0 Å². The average Bonchev–Trinajstić information content (AvgIpc) is 3.23. The normalized spacial score (nSPS) is 13.8. The highest BCUT2D eigenvalue weighted by molar-refractivity contribution is 5.76. The van der Waals surface area contributed by atoms with Gasteiger partial charge in [-0.05, 0) is 70.6 Å². The largest absolute Gasteiger partial charge is 0.394 e. The van der Waals surface area contributed by atoms with Crippen LogP contribution in [0.4, 0.5) is 0 Å². The second-order valence-corrected chi connectivity index (χ2v) is 17.8. The fourth-order valence-electron chi connectivity index (χ4n) is 7.84. The zero-order valence-corrected chi connectivity index (χ0v) is 39.4. The Labute approximate surface area is 367 Å². The molecule has 0 aromatic rings. The Morgan fingerprint density at radius 1 is 0.424 bits per heavy atom. The van der Waals surface area contributed by atoms with E-state index in [1.807, 2.05) is 6.08 Å². The van der Waals surface area contributed by atoms with Crippen molar-refractivity contribution in [2.45, 2.75) is 283 Å². The number of aliphatic hydroxyl groups excluding tert-OH is 3. The number of unbranched alkanes of at least 4 members (excludes halogenated alkanes) is 32. The maximum atomic E-state index is 12.5. The number of carbonyl (C=O) groups is 1. The van der Waals surface area contributed by atoms with E-state index in [-0.39, 0.29) is 18.9 Å². The van der Waals surface area contributed by atoms with E-state index in [1.54, 1.807) is 6.08 Å². The summed E-state index contributed by atoms with van der Waals surface area (Å²) in [5, 5.41) is 33.3. The van der Waals surface area contributed by atoms with Crippen molar-refractivity contribution in [1.29, 1.82) is 0 Å². The van der Waals surface area contributed by atoms with Crippen molar-refractivity contribution >= 4 is 5.91 Å². The SMILES string of the molecule is CCCCCCCCC/C=C/CC/C=C/CC/C=C/C(O)C(CO)NC(=O)CC(O)CCCCCCCCCCCCC/C=C\CCCCCCCCCCCCCC. The number of hydrogen-bond acceptors (Lipinski definition) is 4. The average molecular weight is 828 g/mol. The van der Waals surface area contributed by atoms with E-state index in [9.17, 15) is 20.1 Å². The highest BCUT2D eigenvalue weighted by Gasteiger charge is 2.20. The van der Waals surface area contributed by atoms with Crippen LogP contribution < -0.4 is 5.32 Å². The van der Waals surface area contributed by atoms with Gasteiger partial charge in [-0.1, -0.05) is 236 Å². The minimum Gasteiger partial charge on any atom is -0.394 e. The fraction of sp³-hybridized carbons (Fsp3) is 0.833. The highest BCUT2D eigenvalue weighted by Crippen LogP contribution is 2.16. The van der Waals surface area contributed by atoms with Crippen molar-refractivity contribution in [2.75, 3.05) is 6.61 Å². The molecule has 346 valence electrons. The molecule has 3 atom stereocenters. The smallest absolute Gasteiger partial charge is 0.222 e. The molecule has 0 radical (unpaired) electrons. The van der Waals surface area contributed by atoms with Crippen LogP contribution in [0, 0.1) is 0 Å². The Morgan fingerprint density at radius 3 is 1.08 bits per heavy atom. The second kappa shape index (κ2) is 49.0. The molecule has 0 heterocycles. The number of carbonyl (C=O) groups excluding carboxylic acids is 1. The number of nitrogens with one attached hydrogen (secondary N) is 1. The van der Waals surface area contributed by atoms with Crippen LogP contribution in [0.15, 0.2) is 48.6 Å². The van der Waals surface area contributed by atoms with Crippen LogP contribution in [0.1, 0.15) is 264 Å². The molecule has 0 aliphatic carbocycles. The summed E-state index contributed by atoms with van der Waals surface area (Å²) >= 11 is 0. The predicted octanol–water partition coefficient (Wildman–Crippen LogP) is 15.7. The van der Waals surface area contributed by atoms with Crippen LogP contribution >= 0.6 is 0 Å². The van der Waals surface area contributed by atoms with E-state index < -0.39 is 18.2 Å². The standard InChI is InChI=1S/C54H101NO4/c1-3-5-7-9-11-13-15-17-19-21-22-23-24-25-26-27-28-29-30-32-33-35-37-39-41-43-45-47-51(57)49-54(59)55-52(50-56)53(58)48-46-44-42-40-38-36-34-31-20-18-16-14-12-10-8-6-4-2/h20,25-26,31,38,40,46,48,51-53,56-58H,3-19,21-24,27-30,32-37,39,41-45,47,49-50H2,1-2H3,(H,55,59)/b26-25-,31-20+,40-38+,48-46+. The minimum atomic E-state index is -0.961. The molecular formula is C54H101NO4. The molecule has 0 fully saturated rings. The summed E-state index contributed by atoms with van der Waals surface area (Å²) in [5.41, 5.74) is 0. The summed E-state index contributed by atoms with van der Waals surface area (Å²) in [6.07, 6.45) is 64.3. The molecule has 4 N–H and O–H groups in total. The van der Waals surface area contributed by atoms with Crippen molar-refractivity contribution in [3.63, 3.8) is 0 Å². The van der Waals surface area contributed by atoms with Gasteiger partial charge in [0.1, 0.15) is 0 Å². The third kappa shape index (κ3) is 45.7. The van der Waals surface area contributed by atoms with E-state index >= 15 is 0 Å². The maximum absolute atomic E-state index is 12.5. The molecule has 5 nitrogen and oxygen atoms in total. The van der Waals surface area contributed by atoms with E-state index in [2.05, 4.69) is 55.6 Å². The van der Waals surface area contributed by atoms with Gasteiger partial charge in [-0.15, -0.1) is 0 Å². The molecule has 0 bridgehead atoms. The minimum absolute atomic E-state index is 0.00179. The summed E-state index contributed by atoms with van der Waals surface area (Å²) in [4.78, 5) is 12.5. The van der Waals surface area contributed by atoms with Crippen LogP contribution in [0.5, 0.6) is 0 Å². The van der Waals surface area contributed by atoms with Crippen molar-refractivity contribution in [3.05, 3.63) is 48.6 Å². The van der Waals surface area contributed by atoms with Crippen molar-refractivity contribution in [1.82, 2.24) is 5.32 Å². The van der Waals surface area contributed by atoms with Gasteiger partial charge in [-0.3, -0.25) is 4.79 Å². The Kier molecular flexibility index (Phi) is 47.6. The number of rotatable bonds is 47. The molecule has 0 aliphatic heterocycles. The summed E-state index contributed by atoms with van der Waals surface area (Å²) in [5.74, 6) is -0.329. The van der Waals surface area contributed by atoms with E-state index in [4.69, 9.17) is 0 Å². The Morgan fingerprint density at radius 2 is 0.729 bits per heavy atom. The quantitative estimate of drug-likeness (QED) is 0.0363. The lowest BCUT2D eigenvalue weighted by Crippen LogP contribution is -2.45. The van der Waals surface area contributed by atoms with E-state index in [1.165, 1.54) is 199 Å². The summed E-state index contributed by atoms with van der Waals surface area (Å²) in [7, 11) is 0. The molecule has 0 aromatic heterocycles. The molecule has 0 aromatic carbocycles. The lowest BCUT2D eigenvalue weighted by Gasteiger charge is -2.21. The Hall–Kier alpha value is -1.69. The van der Waals surface area contributed by atoms with Crippen LogP contribution in [-0.2, 0) is 4.79 Å². The monoisotopic (exact) mass is 828 g/mol. The number of amides is 1. The van der Waals surface area contributed by atoms with Gasteiger partial charge < -0.3 is 20.6 Å². The van der Waals surface area contributed by atoms with Crippen molar-refractivity contribution in [3.8, 4) is 0 Å². The predicted molar refractivity (Wildman–Crippen MR) is 259 cm³/mol. The van der Waals surface area contributed by atoms with Gasteiger partial charge in [-0.2, -0.15) is 0 Å². The van der Waals surface area contributed by atoms with Crippen molar-refractivity contribution in [2.24, 2.45) is 0 Å². The molecule has 1 amide bonds. The van der Waals surface area contributed by atoms with Crippen LogP contribution in [0.3, 0.4) is 0 Å². The van der Waals surface area contributed by atoms with Crippen LogP contribution in [-0.4, -0.2) is 46.1 Å². The molecule has 0 rings (SSSR count). The van der Waals surface area contributed by atoms with Gasteiger partial charge in [0.05, 0.1) is 31.3 Å². The topological polar surface area (TPSA) is 89.8 Å². The Balaban J connectivity index is 3.62. The number of aliphatic hydroxyl groups is 3. The highest BCUT2D eigenvalue weighted by atomic mass is 16.3. The summed E-state index contributed by atoms with van der Waals surface area (Å²) in [6.45, 7) is 4.21. The third-order valence-electron chi connectivity index (χ3n) is 11.8. The molecule has 0 saturated carbocycles.